The van der Waals surface area contributed by atoms with Crippen molar-refractivity contribution in [1.82, 2.24) is 10.3 Å². The monoisotopic (exact) mass is 237 g/mol. The van der Waals surface area contributed by atoms with Crippen LogP contribution in [-0.4, -0.2) is 41.8 Å². The van der Waals surface area contributed by atoms with Crippen molar-refractivity contribution in [3.05, 3.63) is 17.8 Å². The van der Waals surface area contributed by atoms with Gasteiger partial charge in [-0.1, -0.05) is 0 Å². The third-order valence-electron chi connectivity index (χ3n) is 2.47. The fourth-order valence-corrected chi connectivity index (χ4v) is 1.57. The Labute approximate surface area is 99.0 Å². The molecule has 0 aliphatic carbocycles. The van der Waals surface area contributed by atoms with Gasteiger partial charge in [0.25, 0.3) is 5.91 Å². The molecular weight excluding hydrogens is 222 g/mol. The molecule has 2 heterocycles. The fraction of sp³-hybridized carbons (Fsp3) is 0.455. The smallest absolute Gasteiger partial charge is 0.256 e. The number of aryl methyl sites for hydroxylation is 1. The van der Waals surface area contributed by atoms with Crippen LogP contribution in [0.2, 0.25) is 0 Å². The minimum atomic E-state index is -0.537. The summed E-state index contributed by atoms with van der Waals surface area (Å²) >= 11 is 0. The largest absolute Gasteiger partial charge is 0.504 e. The Balaban J connectivity index is 2.04. The first-order valence-electron chi connectivity index (χ1n) is 5.46. The molecule has 1 atom stereocenters. The standard InChI is InChI=1S/C11H15N3O3/c1-7-2-3-8(15)10(13-7)14-11(16)9-6-12-4-5-17-9/h2-3,9,12,15H,4-6H2,1H3,(H,13,14,16). The van der Waals surface area contributed by atoms with E-state index in [1.54, 1.807) is 13.0 Å². The Morgan fingerprint density at radius 2 is 2.47 bits per heavy atom. The second-order valence-electron chi connectivity index (χ2n) is 3.87. The summed E-state index contributed by atoms with van der Waals surface area (Å²) in [6.07, 6.45) is -0.537. The number of nitrogens with zero attached hydrogens (tertiary/aromatic N) is 1. The van der Waals surface area contributed by atoms with Crippen molar-refractivity contribution in [2.45, 2.75) is 13.0 Å². The lowest BCUT2D eigenvalue weighted by Gasteiger charge is -2.22. The number of ether oxygens (including phenoxy) is 1. The number of hydrogen-bond acceptors (Lipinski definition) is 5. The molecule has 0 aromatic carbocycles. The lowest BCUT2D eigenvalue weighted by atomic mass is 10.3. The number of pyridine rings is 1. The Morgan fingerprint density at radius 3 is 3.18 bits per heavy atom. The summed E-state index contributed by atoms with van der Waals surface area (Å²) in [5, 5.41) is 15.2. The number of amides is 1. The van der Waals surface area contributed by atoms with Crippen molar-refractivity contribution in [2.75, 3.05) is 25.0 Å². The second-order valence-corrected chi connectivity index (χ2v) is 3.87. The van der Waals surface area contributed by atoms with E-state index in [0.29, 0.717) is 13.2 Å². The molecule has 1 aliphatic rings. The SMILES string of the molecule is Cc1ccc(O)c(NC(=O)C2CNCCO2)n1. The fourth-order valence-electron chi connectivity index (χ4n) is 1.57. The average molecular weight is 237 g/mol. The zero-order valence-electron chi connectivity index (χ0n) is 9.56. The molecule has 0 bridgehead atoms. The topological polar surface area (TPSA) is 83.5 Å². The van der Waals surface area contributed by atoms with Crippen molar-refractivity contribution >= 4 is 11.7 Å². The summed E-state index contributed by atoms with van der Waals surface area (Å²) in [6.45, 7) is 3.51. The lowest BCUT2D eigenvalue weighted by Crippen LogP contribution is -2.45. The van der Waals surface area contributed by atoms with Gasteiger partial charge in [0.2, 0.25) is 0 Å². The van der Waals surface area contributed by atoms with Crippen LogP contribution < -0.4 is 10.6 Å². The number of aromatic hydroxyl groups is 1. The summed E-state index contributed by atoms with van der Waals surface area (Å²) in [5.41, 5.74) is 0.723. The van der Waals surface area contributed by atoms with Crippen LogP contribution in [0.5, 0.6) is 5.75 Å². The van der Waals surface area contributed by atoms with Gasteiger partial charge in [-0.25, -0.2) is 4.98 Å². The minimum absolute atomic E-state index is 0.0484. The summed E-state index contributed by atoms with van der Waals surface area (Å²) in [6, 6.07) is 3.17. The van der Waals surface area contributed by atoms with E-state index in [0.717, 1.165) is 12.2 Å². The minimum Gasteiger partial charge on any atom is -0.504 e. The third-order valence-corrected chi connectivity index (χ3v) is 2.47. The van der Waals surface area contributed by atoms with Crippen molar-refractivity contribution in [2.24, 2.45) is 0 Å². The molecule has 1 amide bonds. The van der Waals surface area contributed by atoms with E-state index in [-0.39, 0.29) is 17.5 Å². The molecule has 1 aliphatic heterocycles. The van der Waals surface area contributed by atoms with E-state index < -0.39 is 6.10 Å². The maximum absolute atomic E-state index is 11.8. The average Bonchev–Trinajstić information content (AvgIpc) is 2.35. The molecule has 17 heavy (non-hydrogen) atoms. The summed E-state index contributed by atoms with van der Waals surface area (Å²) in [4.78, 5) is 15.9. The Hall–Kier alpha value is -1.66. The number of morpholine rings is 1. The number of aromatic nitrogens is 1. The molecule has 0 spiro atoms. The molecule has 2 rings (SSSR count). The molecule has 0 radical (unpaired) electrons. The van der Waals surface area contributed by atoms with E-state index in [4.69, 9.17) is 4.74 Å². The van der Waals surface area contributed by atoms with Gasteiger partial charge in [-0.3, -0.25) is 4.79 Å². The molecule has 1 saturated heterocycles. The van der Waals surface area contributed by atoms with Crippen LogP contribution >= 0.6 is 0 Å². The van der Waals surface area contributed by atoms with Crippen LogP contribution in [0.15, 0.2) is 12.1 Å². The Bertz CT molecular complexity index is 416. The molecule has 1 aromatic rings. The first kappa shape index (κ1) is 11.8. The van der Waals surface area contributed by atoms with Crippen LogP contribution in [0.25, 0.3) is 0 Å². The molecule has 1 aromatic heterocycles. The zero-order valence-corrected chi connectivity index (χ0v) is 9.56. The van der Waals surface area contributed by atoms with Gasteiger partial charge in [-0.05, 0) is 19.1 Å². The van der Waals surface area contributed by atoms with Crippen LogP contribution in [0, 0.1) is 6.92 Å². The molecule has 1 fully saturated rings. The predicted octanol–water partition coefficient (Wildman–Crippen LogP) is 0.0225. The first-order valence-corrected chi connectivity index (χ1v) is 5.46. The highest BCUT2D eigenvalue weighted by Gasteiger charge is 2.22. The molecule has 6 nitrogen and oxygen atoms in total. The van der Waals surface area contributed by atoms with Gasteiger partial charge in [0.05, 0.1) is 6.61 Å². The first-order chi connectivity index (χ1) is 8.16. The molecule has 92 valence electrons. The van der Waals surface area contributed by atoms with Crippen LogP contribution in [0.3, 0.4) is 0 Å². The summed E-state index contributed by atoms with van der Waals surface area (Å²) in [7, 11) is 0. The number of nitrogens with one attached hydrogen (secondary N) is 2. The van der Waals surface area contributed by atoms with Crippen molar-refractivity contribution in [3.8, 4) is 5.75 Å². The third kappa shape index (κ3) is 2.92. The summed E-state index contributed by atoms with van der Waals surface area (Å²) in [5.74, 6) is -0.178. The normalized spacial score (nSPS) is 19.9. The molecule has 3 N–H and O–H groups in total. The van der Waals surface area contributed by atoms with Crippen molar-refractivity contribution in [1.29, 1.82) is 0 Å². The van der Waals surface area contributed by atoms with Gasteiger partial charge < -0.3 is 20.5 Å². The van der Waals surface area contributed by atoms with E-state index in [9.17, 15) is 9.90 Å². The van der Waals surface area contributed by atoms with E-state index in [2.05, 4.69) is 15.6 Å². The van der Waals surface area contributed by atoms with E-state index in [1.807, 2.05) is 0 Å². The highest BCUT2D eigenvalue weighted by Crippen LogP contribution is 2.20. The summed E-state index contributed by atoms with van der Waals surface area (Å²) < 4.78 is 5.30. The molecule has 1 unspecified atom stereocenters. The second kappa shape index (κ2) is 5.11. The highest BCUT2D eigenvalue weighted by molar-refractivity contribution is 5.94. The number of carbonyl (C=O) groups is 1. The van der Waals surface area contributed by atoms with Gasteiger partial charge >= 0.3 is 0 Å². The van der Waals surface area contributed by atoms with Crippen molar-refractivity contribution in [3.63, 3.8) is 0 Å². The van der Waals surface area contributed by atoms with Gasteiger partial charge in [0, 0.05) is 18.8 Å². The Kier molecular flexibility index (Phi) is 3.55. The van der Waals surface area contributed by atoms with Gasteiger partial charge in [0.15, 0.2) is 11.6 Å². The molecular formula is C11H15N3O3. The Morgan fingerprint density at radius 1 is 1.65 bits per heavy atom. The van der Waals surface area contributed by atoms with Crippen LogP contribution in [0.4, 0.5) is 5.82 Å². The zero-order chi connectivity index (χ0) is 12.3. The predicted molar refractivity (Wildman–Crippen MR) is 61.9 cm³/mol. The maximum atomic E-state index is 11.8. The maximum Gasteiger partial charge on any atom is 0.256 e. The van der Waals surface area contributed by atoms with E-state index >= 15 is 0 Å². The van der Waals surface area contributed by atoms with Gasteiger partial charge in [-0.2, -0.15) is 0 Å². The highest BCUT2D eigenvalue weighted by atomic mass is 16.5. The lowest BCUT2D eigenvalue weighted by molar-refractivity contribution is -0.128. The quantitative estimate of drug-likeness (QED) is 0.675. The number of rotatable bonds is 2. The van der Waals surface area contributed by atoms with Gasteiger partial charge in [-0.15, -0.1) is 0 Å². The van der Waals surface area contributed by atoms with E-state index in [1.165, 1.54) is 6.07 Å². The van der Waals surface area contributed by atoms with Crippen LogP contribution in [-0.2, 0) is 9.53 Å². The van der Waals surface area contributed by atoms with Crippen LogP contribution in [0.1, 0.15) is 5.69 Å². The van der Waals surface area contributed by atoms with Crippen molar-refractivity contribution < 1.29 is 14.6 Å². The molecule has 6 heteroatoms. The van der Waals surface area contributed by atoms with Gasteiger partial charge in [0.1, 0.15) is 6.10 Å². The number of anilines is 1. The number of carbonyl (C=O) groups excluding carboxylic acids is 1. The molecule has 0 saturated carbocycles. The number of hydrogen-bond donors (Lipinski definition) is 3.